The highest BCUT2D eigenvalue weighted by Gasteiger charge is 2.18. The van der Waals surface area contributed by atoms with Crippen LogP contribution in [0.3, 0.4) is 0 Å². The molecule has 10 nitrogen and oxygen atoms in total. The van der Waals surface area contributed by atoms with Crippen LogP contribution in [-0.4, -0.2) is 41.7 Å². The van der Waals surface area contributed by atoms with E-state index in [-0.39, 0.29) is 30.0 Å². The number of carbonyl (C=O) groups is 2. The number of azo groups is 1. The van der Waals surface area contributed by atoms with Crippen LogP contribution in [0.15, 0.2) is 52.7 Å². The third-order valence-corrected chi connectivity index (χ3v) is 6.60. The van der Waals surface area contributed by atoms with Crippen molar-refractivity contribution in [3.8, 4) is 0 Å². The molecule has 0 saturated heterocycles. The molecule has 0 saturated carbocycles. The molecule has 1 N–H and O–H groups in total. The highest BCUT2D eigenvalue weighted by Crippen LogP contribution is 2.31. The Morgan fingerprint density at radius 1 is 0.900 bits per heavy atom. The van der Waals surface area contributed by atoms with E-state index in [0.29, 0.717) is 18.8 Å². The molecule has 40 heavy (non-hydrogen) atoms. The molecule has 0 unspecified atom stereocenters. The fraction of sp³-hybridized carbons (Fsp3) is 0.533. The van der Waals surface area contributed by atoms with Crippen molar-refractivity contribution in [2.24, 2.45) is 10.2 Å². The molecule has 2 aromatic carbocycles. The summed E-state index contributed by atoms with van der Waals surface area (Å²) in [6.45, 7) is 5.47. The minimum atomic E-state index is -0.862. The number of esters is 1. The van der Waals surface area contributed by atoms with Crippen LogP contribution < -0.4 is 4.90 Å². The monoisotopic (exact) mass is 554 g/mol. The van der Waals surface area contributed by atoms with Crippen LogP contribution in [0.1, 0.15) is 94.8 Å². The molecule has 0 fully saturated rings. The van der Waals surface area contributed by atoms with Gasteiger partial charge in [0, 0.05) is 24.8 Å². The topological polar surface area (TPSA) is 135 Å². The van der Waals surface area contributed by atoms with Crippen molar-refractivity contribution in [3.63, 3.8) is 0 Å². The summed E-state index contributed by atoms with van der Waals surface area (Å²) in [7, 11) is 0. The quantitative estimate of drug-likeness (QED) is 0.0571. The number of hydrogen-bond donors (Lipinski definition) is 1. The number of unbranched alkanes of at least 4 members (excludes halogenated alkanes) is 9. The van der Waals surface area contributed by atoms with E-state index < -0.39 is 16.9 Å². The predicted molar refractivity (Wildman–Crippen MR) is 156 cm³/mol. The van der Waals surface area contributed by atoms with Gasteiger partial charge in [-0.05, 0) is 49.7 Å². The molecule has 10 heteroatoms. The molecule has 0 amide bonds. The molecule has 0 atom stereocenters. The van der Waals surface area contributed by atoms with E-state index in [4.69, 9.17) is 9.84 Å². The average molecular weight is 555 g/mol. The minimum Gasteiger partial charge on any atom is -0.481 e. The van der Waals surface area contributed by atoms with Crippen LogP contribution in [-0.2, 0) is 9.53 Å². The molecule has 218 valence electrons. The average Bonchev–Trinajstić information content (AvgIpc) is 2.95. The molecular formula is C30H42N4O6. The molecule has 0 aliphatic rings. The Hall–Kier alpha value is -3.82. The predicted octanol–water partition coefficient (Wildman–Crippen LogP) is 8.39. The highest BCUT2D eigenvalue weighted by atomic mass is 16.6. The van der Waals surface area contributed by atoms with Gasteiger partial charge in [0.15, 0.2) is 5.69 Å². The lowest BCUT2D eigenvalue weighted by Crippen LogP contribution is -2.25. The molecule has 0 heterocycles. The number of carbonyl (C=O) groups excluding carboxylic acids is 1. The van der Waals surface area contributed by atoms with Crippen LogP contribution in [0, 0.1) is 10.1 Å². The van der Waals surface area contributed by atoms with Gasteiger partial charge in [0.2, 0.25) is 0 Å². The first kappa shape index (κ1) is 32.4. The summed E-state index contributed by atoms with van der Waals surface area (Å²) in [6, 6.07) is 11.0. The zero-order chi connectivity index (χ0) is 29.2. The van der Waals surface area contributed by atoms with Crippen molar-refractivity contribution in [2.75, 3.05) is 24.6 Å². The lowest BCUT2D eigenvalue weighted by Gasteiger charge is -2.22. The van der Waals surface area contributed by atoms with Crippen molar-refractivity contribution >= 4 is 34.7 Å². The zero-order valence-corrected chi connectivity index (χ0v) is 23.7. The molecular weight excluding hydrogens is 512 g/mol. The summed E-state index contributed by atoms with van der Waals surface area (Å²) in [5.74, 6) is -1.46. The van der Waals surface area contributed by atoms with E-state index in [1.54, 1.807) is 24.3 Å². The second kappa shape index (κ2) is 18.5. The van der Waals surface area contributed by atoms with Crippen LogP contribution in [0.2, 0.25) is 0 Å². The smallest absolute Gasteiger partial charge is 0.338 e. The third-order valence-electron chi connectivity index (χ3n) is 6.60. The largest absolute Gasteiger partial charge is 0.481 e. The highest BCUT2D eigenvalue weighted by molar-refractivity contribution is 5.91. The van der Waals surface area contributed by atoms with Gasteiger partial charge >= 0.3 is 11.9 Å². The van der Waals surface area contributed by atoms with Gasteiger partial charge in [-0.3, -0.25) is 14.9 Å². The Morgan fingerprint density at radius 3 is 2.10 bits per heavy atom. The van der Waals surface area contributed by atoms with E-state index in [1.165, 1.54) is 63.1 Å². The number of aliphatic carboxylic acids is 1. The lowest BCUT2D eigenvalue weighted by molar-refractivity contribution is -0.384. The maximum atomic E-state index is 12.4. The van der Waals surface area contributed by atoms with Crippen molar-refractivity contribution in [2.45, 2.75) is 84.5 Å². The summed E-state index contributed by atoms with van der Waals surface area (Å²) < 4.78 is 5.32. The molecule has 0 radical (unpaired) electrons. The Balaban J connectivity index is 1.86. The lowest BCUT2D eigenvalue weighted by atomic mass is 10.1. The van der Waals surface area contributed by atoms with E-state index in [0.717, 1.165) is 24.9 Å². The van der Waals surface area contributed by atoms with Gasteiger partial charge in [-0.15, -0.1) is 5.11 Å². The van der Waals surface area contributed by atoms with E-state index in [2.05, 4.69) is 17.2 Å². The van der Waals surface area contributed by atoms with Gasteiger partial charge in [-0.2, -0.15) is 5.11 Å². The van der Waals surface area contributed by atoms with Crippen molar-refractivity contribution in [1.82, 2.24) is 0 Å². The van der Waals surface area contributed by atoms with Gasteiger partial charge in [0.1, 0.15) is 0 Å². The summed E-state index contributed by atoms with van der Waals surface area (Å²) in [5, 5.41) is 28.7. The second-order valence-corrected chi connectivity index (χ2v) is 9.72. The summed E-state index contributed by atoms with van der Waals surface area (Å²) in [4.78, 5) is 36.2. The van der Waals surface area contributed by atoms with E-state index >= 15 is 0 Å². The molecule has 2 rings (SSSR count). The fourth-order valence-corrected chi connectivity index (χ4v) is 4.26. The van der Waals surface area contributed by atoms with Crippen molar-refractivity contribution in [3.05, 3.63) is 58.1 Å². The van der Waals surface area contributed by atoms with Gasteiger partial charge < -0.3 is 14.7 Å². The fourth-order valence-electron chi connectivity index (χ4n) is 4.26. The first-order valence-electron chi connectivity index (χ1n) is 14.3. The van der Waals surface area contributed by atoms with Gasteiger partial charge in [0.05, 0.1) is 29.2 Å². The molecule has 0 aliphatic carbocycles. The standard InChI is InChI=1S/C30H42N4O6/c1-3-5-6-7-8-9-10-11-12-13-22-40-30(37)24-14-19-27(28(23-24)34(38)39)32-31-25-15-17-26(18-16-25)33(4-2)21-20-29(35)36/h14-19,23H,3-13,20-22H2,1-2H3,(H,35,36). The van der Waals surface area contributed by atoms with Crippen LogP contribution in [0.5, 0.6) is 0 Å². The summed E-state index contributed by atoms with van der Waals surface area (Å²) in [5.41, 5.74) is 1.11. The number of anilines is 1. The Kier molecular flexibility index (Phi) is 15.0. The number of carboxylic acids is 1. The van der Waals surface area contributed by atoms with Gasteiger partial charge in [-0.25, -0.2) is 4.79 Å². The number of hydrogen-bond acceptors (Lipinski definition) is 8. The number of nitro groups is 1. The van der Waals surface area contributed by atoms with Crippen molar-refractivity contribution in [1.29, 1.82) is 0 Å². The van der Waals surface area contributed by atoms with Crippen molar-refractivity contribution < 1.29 is 24.4 Å². The maximum absolute atomic E-state index is 12.4. The number of rotatable bonds is 20. The number of nitrogens with zero attached hydrogens (tertiary/aromatic N) is 4. The van der Waals surface area contributed by atoms with Crippen LogP contribution >= 0.6 is 0 Å². The number of ether oxygens (including phenoxy) is 1. The third kappa shape index (κ3) is 11.9. The number of nitro benzene ring substituents is 1. The van der Waals surface area contributed by atoms with Gasteiger partial charge in [-0.1, -0.05) is 64.7 Å². The Labute approximate surface area is 236 Å². The van der Waals surface area contributed by atoms with Crippen LogP contribution in [0.4, 0.5) is 22.7 Å². The summed E-state index contributed by atoms with van der Waals surface area (Å²) >= 11 is 0. The first-order chi connectivity index (χ1) is 19.3. The molecule has 0 bridgehead atoms. The Morgan fingerprint density at radius 2 is 1.52 bits per heavy atom. The molecule has 0 aromatic heterocycles. The second-order valence-electron chi connectivity index (χ2n) is 9.72. The Bertz CT molecular complexity index is 1100. The number of carboxylic acid groups (broad SMARTS) is 1. The van der Waals surface area contributed by atoms with Crippen LogP contribution in [0.25, 0.3) is 0 Å². The maximum Gasteiger partial charge on any atom is 0.338 e. The van der Waals surface area contributed by atoms with Gasteiger partial charge in [0.25, 0.3) is 5.69 Å². The van der Waals surface area contributed by atoms with E-state index in [1.807, 2.05) is 11.8 Å². The van der Waals surface area contributed by atoms with E-state index in [9.17, 15) is 19.7 Å². The normalized spacial score (nSPS) is 11.1. The zero-order valence-electron chi connectivity index (χ0n) is 23.7. The molecule has 0 spiro atoms. The minimum absolute atomic E-state index is 0.0250. The molecule has 2 aromatic rings. The summed E-state index contributed by atoms with van der Waals surface area (Å²) in [6.07, 6.45) is 11.8. The SMILES string of the molecule is CCCCCCCCCCCCOC(=O)c1ccc(N=Nc2ccc(N(CC)CCC(=O)O)cc2)c([N+](=O)[O-])c1. The first-order valence-corrected chi connectivity index (χ1v) is 14.3. The number of benzene rings is 2. The molecule has 0 aliphatic heterocycles.